The molecule has 2 aromatic heterocycles. The van der Waals surface area contributed by atoms with E-state index >= 15 is 0 Å². The van der Waals surface area contributed by atoms with E-state index in [9.17, 15) is 4.79 Å². The predicted molar refractivity (Wildman–Crippen MR) is 62.9 cm³/mol. The number of rotatable bonds is 1. The van der Waals surface area contributed by atoms with Crippen LogP contribution >= 0.6 is 0 Å². The van der Waals surface area contributed by atoms with Crippen LogP contribution in [0.4, 0.5) is 0 Å². The SMILES string of the molecule is O=C1CCCC=C1c1c[nH]c2ncccc12. The van der Waals surface area contributed by atoms with Crippen molar-refractivity contribution >= 4 is 22.4 Å². The van der Waals surface area contributed by atoms with Gasteiger partial charge in [0, 0.05) is 35.3 Å². The van der Waals surface area contributed by atoms with Crippen molar-refractivity contribution < 1.29 is 4.79 Å². The molecule has 0 saturated carbocycles. The lowest BCUT2D eigenvalue weighted by Crippen LogP contribution is -2.05. The van der Waals surface area contributed by atoms with E-state index in [1.165, 1.54) is 0 Å². The van der Waals surface area contributed by atoms with Crippen LogP contribution in [-0.4, -0.2) is 15.8 Å². The molecule has 2 heterocycles. The summed E-state index contributed by atoms with van der Waals surface area (Å²) >= 11 is 0. The van der Waals surface area contributed by atoms with Crippen molar-refractivity contribution in [3.8, 4) is 0 Å². The number of ketones is 1. The summed E-state index contributed by atoms with van der Waals surface area (Å²) in [5.41, 5.74) is 2.69. The van der Waals surface area contributed by atoms with Crippen molar-refractivity contribution in [2.45, 2.75) is 19.3 Å². The number of pyridine rings is 1. The van der Waals surface area contributed by atoms with Gasteiger partial charge in [-0.1, -0.05) is 6.08 Å². The van der Waals surface area contributed by atoms with E-state index in [4.69, 9.17) is 0 Å². The van der Waals surface area contributed by atoms with Crippen molar-refractivity contribution in [2.75, 3.05) is 0 Å². The summed E-state index contributed by atoms with van der Waals surface area (Å²) in [6.07, 6.45) is 8.31. The zero-order valence-corrected chi connectivity index (χ0v) is 8.86. The average molecular weight is 212 g/mol. The van der Waals surface area contributed by atoms with Gasteiger partial charge in [-0.2, -0.15) is 0 Å². The Bertz CT molecular complexity index is 580. The normalized spacial score (nSPS) is 16.5. The number of nitrogens with one attached hydrogen (secondary N) is 1. The van der Waals surface area contributed by atoms with Gasteiger partial charge in [-0.05, 0) is 25.0 Å². The highest BCUT2D eigenvalue weighted by Crippen LogP contribution is 2.28. The van der Waals surface area contributed by atoms with Crippen LogP contribution < -0.4 is 0 Å². The summed E-state index contributed by atoms with van der Waals surface area (Å²) in [4.78, 5) is 19.2. The van der Waals surface area contributed by atoms with Gasteiger partial charge in [-0.3, -0.25) is 4.79 Å². The molecule has 1 N–H and O–H groups in total. The molecule has 16 heavy (non-hydrogen) atoms. The largest absolute Gasteiger partial charge is 0.346 e. The second-order valence-corrected chi connectivity index (χ2v) is 4.04. The third kappa shape index (κ3) is 1.36. The smallest absolute Gasteiger partial charge is 0.163 e. The highest BCUT2D eigenvalue weighted by atomic mass is 16.1. The highest BCUT2D eigenvalue weighted by molar-refractivity contribution is 6.24. The minimum atomic E-state index is 0.246. The Labute approximate surface area is 93.2 Å². The van der Waals surface area contributed by atoms with Gasteiger partial charge in [0.15, 0.2) is 5.78 Å². The van der Waals surface area contributed by atoms with E-state index in [2.05, 4.69) is 9.97 Å². The molecule has 3 rings (SSSR count). The molecule has 3 nitrogen and oxygen atoms in total. The number of aromatic nitrogens is 2. The van der Waals surface area contributed by atoms with Crippen LogP contribution in [0.1, 0.15) is 24.8 Å². The zero-order chi connectivity index (χ0) is 11.0. The molecule has 0 aliphatic heterocycles. The molecule has 3 heteroatoms. The molecule has 0 atom stereocenters. The Morgan fingerprint density at radius 2 is 2.31 bits per heavy atom. The second-order valence-electron chi connectivity index (χ2n) is 4.04. The number of Topliss-reactive ketones (excluding diaryl/α,β-unsaturated/α-hetero) is 1. The molecule has 1 aliphatic rings. The molecule has 0 spiro atoms. The summed E-state index contributed by atoms with van der Waals surface area (Å²) < 4.78 is 0. The molecule has 0 unspecified atom stereocenters. The maximum absolute atomic E-state index is 11.8. The Kier molecular flexibility index (Phi) is 2.10. The number of allylic oxidation sites excluding steroid dienone is 2. The van der Waals surface area contributed by atoms with Gasteiger partial charge in [0.25, 0.3) is 0 Å². The number of hydrogen-bond donors (Lipinski definition) is 1. The fourth-order valence-corrected chi connectivity index (χ4v) is 2.20. The summed E-state index contributed by atoms with van der Waals surface area (Å²) in [5, 5.41) is 1.03. The van der Waals surface area contributed by atoms with Crippen LogP contribution in [0.2, 0.25) is 0 Å². The summed E-state index contributed by atoms with van der Waals surface area (Å²) in [6, 6.07) is 3.89. The molecule has 0 amide bonds. The van der Waals surface area contributed by atoms with E-state index in [1.54, 1.807) is 6.20 Å². The number of hydrogen-bond acceptors (Lipinski definition) is 2. The molecule has 1 aliphatic carbocycles. The first-order chi connectivity index (χ1) is 7.86. The summed E-state index contributed by atoms with van der Waals surface area (Å²) in [6.45, 7) is 0. The van der Waals surface area contributed by atoms with E-state index < -0.39 is 0 Å². The Balaban J connectivity index is 2.19. The Hall–Kier alpha value is -1.90. The second kappa shape index (κ2) is 3.59. The third-order valence-corrected chi connectivity index (χ3v) is 3.00. The van der Waals surface area contributed by atoms with E-state index in [0.717, 1.165) is 35.0 Å². The molecular formula is C13H12N2O. The van der Waals surface area contributed by atoms with Crippen LogP contribution in [0.25, 0.3) is 16.6 Å². The summed E-state index contributed by atoms with van der Waals surface area (Å²) in [7, 11) is 0. The first-order valence-electron chi connectivity index (χ1n) is 5.52. The molecule has 0 radical (unpaired) electrons. The molecule has 0 aromatic carbocycles. The lowest BCUT2D eigenvalue weighted by molar-refractivity contribution is -0.114. The van der Waals surface area contributed by atoms with E-state index in [0.29, 0.717) is 6.42 Å². The van der Waals surface area contributed by atoms with Crippen LogP contribution in [-0.2, 0) is 4.79 Å². The number of carbonyl (C=O) groups excluding carboxylic acids is 1. The fourth-order valence-electron chi connectivity index (χ4n) is 2.20. The Morgan fingerprint density at radius 3 is 3.19 bits per heavy atom. The first-order valence-corrected chi connectivity index (χ1v) is 5.52. The number of aromatic amines is 1. The van der Waals surface area contributed by atoms with Gasteiger partial charge in [0.05, 0.1) is 0 Å². The van der Waals surface area contributed by atoms with Crippen molar-refractivity contribution in [1.29, 1.82) is 0 Å². The van der Waals surface area contributed by atoms with Crippen LogP contribution in [0.3, 0.4) is 0 Å². The molecule has 0 saturated heterocycles. The van der Waals surface area contributed by atoms with Crippen molar-refractivity contribution in [1.82, 2.24) is 9.97 Å². The van der Waals surface area contributed by atoms with Gasteiger partial charge in [-0.15, -0.1) is 0 Å². The molecule has 0 fully saturated rings. The number of carbonyl (C=O) groups is 1. The van der Waals surface area contributed by atoms with Crippen molar-refractivity contribution in [2.24, 2.45) is 0 Å². The van der Waals surface area contributed by atoms with Crippen LogP contribution in [0.5, 0.6) is 0 Å². The highest BCUT2D eigenvalue weighted by Gasteiger charge is 2.18. The van der Waals surface area contributed by atoms with Crippen molar-refractivity contribution in [3.05, 3.63) is 36.2 Å². The number of fused-ring (bicyclic) bond motifs is 1. The topological polar surface area (TPSA) is 45.8 Å². The van der Waals surface area contributed by atoms with Crippen molar-refractivity contribution in [3.63, 3.8) is 0 Å². The number of H-pyrrole nitrogens is 1. The Morgan fingerprint density at radius 1 is 1.38 bits per heavy atom. The fraction of sp³-hybridized carbons (Fsp3) is 0.231. The predicted octanol–water partition coefficient (Wildman–Crippen LogP) is 2.70. The van der Waals surface area contributed by atoms with Gasteiger partial charge >= 0.3 is 0 Å². The van der Waals surface area contributed by atoms with Gasteiger partial charge < -0.3 is 4.98 Å². The zero-order valence-electron chi connectivity index (χ0n) is 8.86. The van der Waals surface area contributed by atoms with Gasteiger partial charge in [-0.25, -0.2) is 4.98 Å². The van der Waals surface area contributed by atoms with E-state index in [1.807, 2.05) is 24.4 Å². The maximum Gasteiger partial charge on any atom is 0.163 e. The lowest BCUT2D eigenvalue weighted by atomic mass is 9.93. The maximum atomic E-state index is 11.8. The quantitative estimate of drug-likeness (QED) is 0.789. The molecule has 0 bridgehead atoms. The van der Waals surface area contributed by atoms with E-state index in [-0.39, 0.29) is 5.78 Å². The van der Waals surface area contributed by atoms with Crippen LogP contribution in [0, 0.1) is 0 Å². The third-order valence-electron chi connectivity index (χ3n) is 3.00. The average Bonchev–Trinajstić information content (AvgIpc) is 2.74. The molecule has 80 valence electrons. The summed E-state index contributed by atoms with van der Waals surface area (Å²) in [5.74, 6) is 0.246. The molecular weight excluding hydrogens is 200 g/mol. The van der Waals surface area contributed by atoms with Crippen LogP contribution in [0.15, 0.2) is 30.6 Å². The monoisotopic (exact) mass is 212 g/mol. The lowest BCUT2D eigenvalue weighted by Gasteiger charge is -2.10. The van der Waals surface area contributed by atoms with Gasteiger partial charge in [0.1, 0.15) is 5.65 Å². The molecule has 2 aromatic rings. The standard InChI is InChI=1S/C13H12N2O/c16-12-6-2-1-4-9(12)11-8-15-13-10(11)5-3-7-14-13/h3-5,7-8H,1-2,6H2,(H,14,15). The minimum absolute atomic E-state index is 0.246. The minimum Gasteiger partial charge on any atom is -0.346 e. The first kappa shape index (κ1) is 9.33. The number of nitrogens with zero attached hydrogens (tertiary/aromatic N) is 1. The van der Waals surface area contributed by atoms with Gasteiger partial charge in [0.2, 0.25) is 0 Å².